The second-order valence-electron chi connectivity index (χ2n) is 5.05. The fraction of sp³-hybridized carbons (Fsp3) is 0.533. The Bertz CT molecular complexity index is 428. The third-order valence-electron chi connectivity index (χ3n) is 3.67. The van der Waals surface area contributed by atoms with Gasteiger partial charge in [-0.3, -0.25) is 4.79 Å². The largest absolute Gasteiger partial charge is 0.384 e. The quantitative estimate of drug-likeness (QED) is 0.849. The number of rotatable bonds is 4. The number of methoxy groups -OCH3 is 1. The number of carbonyl (C=O) groups is 1. The van der Waals surface area contributed by atoms with Crippen molar-refractivity contribution < 1.29 is 9.53 Å². The Balaban J connectivity index is 1.87. The lowest BCUT2D eigenvalue weighted by Crippen LogP contribution is -2.40. The van der Waals surface area contributed by atoms with Crippen LogP contribution in [0.25, 0.3) is 0 Å². The van der Waals surface area contributed by atoms with E-state index in [1.165, 1.54) is 0 Å². The maximum absolute atomic E-state index is 12.2. The Hall–Kier alpha value is -1.06. The minimum absolute atomic E-state index is 0.170. The van der Waals surface area contributed by atoms with E-state index >= 15 is 0 Å². The number of amides is 1. The van der Waals surface area contributed by atoms with Crippen LogP contribution in [0.15, 0.2) is 24.3 Å². The van der Waals surface area contributed by atoms with Crippen molar-refractivity contribution in [3.63, 3.8) is 0 Å². The molecule has 0 aromatic heterocycles. The number of piperidine rings is 1. The predicted octanol–water partition coefficient (Wildman–Crippen LogP) is 2.77. The summed E-state index contributed by atoms with van der Waals surface area (Å²) in [6, 6.07) is 7.54. The van der Waals surface area contributed by atoms with Crippen molar-refractivity contribution in [2.75, 3.05) is 26.8 Å². The van der Waals surface area contributed by atoms with E-state index in [2.05, 4.69) is 0 Å². The first kappa shape index (κ1) is 14.4. The summed E-state index contributed by atoms with van der Waals surface area (Å²) in [4.78, 5) is 14.2. The predicted molar refractivity (Wildman–Crippen MR) is 76.3 cm³/mol. The Labute approximate surface area is 119 Å². The number of hydrogen-bond donors (Lipinski definition) is 0. The van der Waals surface area contributed by atoms with Gasteiger partial charge in [-0.15, -0.1) is 0 Å². The molecule has 1 fully saturated rings. The minimum Gasteiger partial charge on any atom is -0.384 e. The van der Waals surface area contributed by atoms with E-state index in [0.717, 1.165) is 38.1 Å². The maximum atomic E-state index is 12.2. The van der Waals surface area contributed by atoms with Gasteiger partial charge in [0.05, 0.1) is 6.42 Å². The topological polar surface area (TPSA) is 29.5 Å². The lowest BCUT2D eigenvalue weighted by Gasteiger charge is -2.31. The number of carbonyl (C=O) groups excluding carboxylic acids is 1. The van der Waals surface area contributed by atoms with Crippen LogP contribution in [0.2, 0.25) is 5.02 Å². The molecule has 0 atom stereocenters. The first-order chi connectivity index (χ1) is 9.20. The summed E-state index contributed by atoms with van der Waals surface area (Å²) in [5.41, 5.74) is 0.910. The van der Waals surface area contributed by atoms with Crippen molar-refractivity contribution in [2.24, 2.45) is 5.92 Å². The molecule has 0 aliphatic carbocycles. The zero-order valence-electron chi connectivity index (χ0n) is 11.3. The lowest BCUT2D eigenvalue weighted by molar-refractivity contribution is -0.132. The molecular weight excluding hydrogens is 262 g/mol. The average Bonchev–Trinajstić information content (AvgIpc) is 2.42. The van der Waals surface area contributed by atoms with Crippen LogP contribution in [-0.4, -0.2) is 37.6 Å². The number of ether oxygens (including phenoxy) is 1. The summed E-state index contributed by atoms with van der Waals surface area (Å²) >= 11 is 6.08. The normalized spacial score (nSPS) is 16.6. The Kier molecular flexibility index (Phi) is 5.23. The van der Waals surface area contributed by atoms with Crippen LogP contribution in [-0.2, 0) is 16.0 Å². The molecule has 1 aliphatic heterocycles. The summed E-state index contributed by atoms with van der Waals surface area (Å²) in [5, 5.41) is 0.671. The number of halogens is 1. The summed E-state index contributed by atoms with van der Waals surface area (Å²) in [6.45, 7) is 2.46. The molecule has 3 nitrogen and oxygen atoms in total. The Morgan fingerprint density at radius 1 is 1.37 bits per heavy atom. The standard InChI is InChI=1S/C15H20ClNO2/c1-19-11-12-6-8-17(9-7-12)15(18)10-13-4-2-3-5-14(13)16/h2-5,12H,6-11H2,1H3. The van der Waals surface area contributed by atoms with E-state index in [0.29, 0.717) is 17.4 Å². The van der Waals surface area contributed by atoms with E-state index in [1.54, 1.807) is 7.11 Å². The molecule has 0 saturated carbocycles. The zero-order chi connectivity index (χ0) is 13.7. The molecule has 0 unspecified atom stereocenters. The molecule has 1 amide bonds. The Morgan fingerprint density at radius 3 is 2.68 bits per heavy atom. The molecule has 1 saturated heterocycles. The van der Waals surface area contributed by atoms with E-state index in [1.807, 2.05) is 29.2 Å². The molecule has 0 bridgehead atoms. The highest BCUT2D eigenvalue weighted by atomic mass is 35.5. The molecule has 4 heteroatoms. The monoisotopic (exact) mass is 281 g/mol. The fourth-order valence-electron chi connectivity index (χ4n) is 2.50. The number of likely N-dealkylation sites (tertiary alicyclic amines) is 1. The van der Waals surface area contributed by atoms with Gasteiger partial charge in [-0.05, 0) is 30.4 Å². The van der Waals surface area contributed by atoms with Gasteiger partial charge in [0.2, 0.25) is 5.91 Å². The molecule has 1 heterocycles. The van der Waals surface area contributed by atoms with Crippen molar-refractivity contribution in [3.05, 3.63) is 34.9 Å². The SMILES string of the molecule is COCC1CCN(C(=O)Cc2ccccc2Cl)CC1. The molecule has 0 radical (unpaired) electrons. The van der Waals surface area contributed by atoms with E-state index in [9.17, 15) is 4.79 Å². The molecule has 0 spiro atoms. The van der Waals surface area contributed by atoms with Crippen LogP contribution in [0.3, 0.4) is 0 Å². The summed E-state index contributed by atoms with van der Waals surface area (Å²) in [5.74, 6) is 0.762. The van der Waals surface area contributed by atoms with E-state index in [4.69, 9.17) is 16.3 Å². The van der Waals surface area contributed by atoms with Crippen LogP contribution in [0, 0.1) is 5.92 Å². The molecule has 19 heavy (non-hydrogen) atoms. The van der Waals surface area contributed by atoms with Crippen LogP contribution in [0.4, 0.5) is 0 Å². The van der Waals surface area contributed by atoms with E-state index < -0.39 is 0 Å². The number of hydrogen-bond acceptors (Lipinski definition) is 2. The number of nitrogens with zero attached hydrogens (tertiary/aromatic N) is 1. The Morgan fingerprint density at radius 2 is 2.05 bits per heavy atom. The zero-order valence-corrected chi connectivity index (χ0v) is 12.0. The van der Waals surface area contributed by atoms with Crippen LogP contribution in [0.5, 0.6) is 0 Å². The highest BCUT2D eigenvalue weighted by Crippen LogP contribution is 2.20. The van der Waals surface area contributed by atoms with Crippen molar-refractivity contribution in [2.45, 2.75) is 19.3 Å². The van der Waals surface area contributed by atoms with Gasteiger partial charge in [-0.1, -0.05) is 29.8 Å². The smallest absolute Gasteiger partial charge is 0.227 e. The van der Waals surface area contributed by atoms with Gasteiger partial charge < -0.3 is 9.64 Å². The molecule has 104 valence electrons. The first-order valence-electron chi connectivity index (χ1n) is 6.71. The van der Waals surface area contributed by atoms with Crippen molar-refractivity contribution in [1.82, 2.24) is 4.90 Å². The lowest BCUT2D eigenvalue weighted by atomic mass is 9.97. The molecule has 0 N–H and O–H groups in total. The second-order valence-corrected chi connectivity index (χ2v) is 5.45. The van der Waals surface area contributed by atoms with Crippen molar-refractivity contribution >= 4 is 17.5 Å². The van der Waals surface area contributed by atoms with Gasteiger partial charge >= 0.3 is 0 Å². The van der Waals surface area contributed by atoms with Gasteiger partial charge in [0.15, 0.2) is 0 Å². The van der Waals surface area contributed by atoms with Gasteiger partial charge in [0.25, 0.3) is 0 Å². The molecule has 1 aromatic carbocycles. The molecule has 1 aromatic rings. The summed E-state index contributed by atoms with van der Waals surface area (Å²) in [6.07, 6.45) is 2.46. The molecule has 2 rings (SSSR count). The highest BCUT2D eigenvalue weighted by molar-refractivity contribution is 6.31. The van der Waals surface area contributed by atoms with Gasteiger partial charge in [-0.25, -0.2) is 0 Å². The summed E-state index contributed by atoms with van der Waals surface area (Å²) in [7, 11) is 1.73. The van der Waals surface area contributed by atoms with Crippen molar-refractivity contribution in [3.8, 4) is 0 Å². The fourth-order valence-corrected chi connectivity index (χ4v) is 2.70. The molecular formula is C15H20ClNO2. The van der Waals surface area contributed by atoms with Gasteiger partial charge in [-0.2, -0.15) is 0 Å². The molecule has 1 aliphatic rings. The minimum atomic E-state index is 0.170. The van der Waals surface area contributed by atoms with Gasteiger partial charge in [0, 0.05) is 31.8 Å². The third-order valence-corrected chi connectivity index (χ3v) is 4.04. The first-order valence-corrected chi connectivity index (χ1v) is 7.08. The van der Waals surface area contributed by atoms with Crippen molar-refractivity contribution in [1.29, 1.82) is 0 Å². The summed E-state index contributed by atoms with van der Waals surface area (Å²) < 4.78 is 5.17. The van der Waals surface area contributed by atoms with Crippen LogP contribution < -0.4 is 0 Å². The third kappa shape index (κ3) is 3.95. The maximum Gasteiger partial charge on any atom is 0.227 e. The highest BCUT2D eigenvalue weighted by Gasteiger charge is 2.22. The average molecular weight is 282 g/mol. The van der Waals surface area contributed by atoms with Crippen LogP contribution >= 0.6 is 11.6 Å². The van der Waals surface area contributed by atoms with Crippen LogP contribution in [0.1, 0.15) is 18.4 Å². The second kappa shape index (κ2) is 6.92. The van der Waals surface area contributed by atoms with E-state index in [-0.39, 0.29) is 5.91 Å². The number of benzene rings is 1. The van der Waals surface area contributed by atoms with Gasteiger partial charge in [0.1, 0.15) is 0 Å².